The summed E-state index contributed by atoms with van der Waals surface area (Å²) in [7, 11) is 0. The SMILES string of the molecule is N=C(OCC#Cc1ccccc1)C(Cl)(Cl)Cl. The largest absolute Gasteiger partial charge is 0.465 e. The van der Waals surface area contributed by atoms with Crippen molar-refractivity contribution in [3.05, 3.63) is 35.9 Å². The van der Waals surface area contributed by atoms with Crippen LogP contribution in [0.4, 0.5) is 0 Å². The molecule has 0 aliphatic carbocycles. The Balaban J connectivity index is 2.43. The maximum absolute atomic E-state index is 7.24. The molecule has 1 aromatic rings. The van der Waals surface area contributed by atoms with E-state index in [1.165, 1.54) is 0 Å². The fourth-order valence-electron chi connectivity index (χ4n) is 0.850. The standard InChI is InChI=1S/C11H8Cl3NO/c12-11(13,14)10(15)16-8-4-7-9-5-2-1-3-6-9/h1-3,5-6,15H,8H2. The summed E-state index contributed by atoms with van der Waals surface area (Å²) in [5.41, 5.74) is 0.867. The van der Waals surface area contributed by atoms with Gasteiger partial charge < -0.3 is 4.74 Å². The molecule has 0 atom stereocenters. The fourth-order valence-corrected chi connectivity index (χ4v) is 1.01. The average molecular weight is 277 g/mol. The zero-order valence-corrected chi connectivity index (χ0v) is 10.4. The van der Waals surface area contributed by atoms with Crippen molar-refractivity contribution in [2.45, 2.75) is 3.79 Å². The number of halogens is 3. The van der Waals surface area contributed by atoms with Crippen LogP contribution in [-0.4, -0.2) is 16.3 Å². The lowest BCUT2D eigenvalue weighted by Crippen LogP contribution is -2.21. The summed E-state index contributed by atoms with van der Waals surface area (Å²) in [6, 6.07) is 9.41. The number of benzene rings is 1. The predicted octanol–water partition coefficient (Wildman–Crippen LogP) is 3.40. The summed E-state index contributed by atoms with van der Waals surface area (Å²) in [6.07, 6.45) is 0. The van der Waals surface area contributed by atoms with E-state index in [1.807, 2.05) is 30.3 Å². The van der Waals surface area contributed by atoms with E-state index in [4.69, 9.17) is 44.9 Å². The van der Waals surface area contributed by atoms with Crippen LogP contribution < -0.4 is 0 Å². The Morgan fingerprint density at radius 3 is 2.44 bits per heavy atom. The van der Waals surface area contributed by atoms with Crippen molar-refractivity contribution in [2.75, 3.05) is 6.61 Å². The summed E-state index contributed by atoms with van der Waals surface area (Å²) < 4.78 is 3.02. The zero-order valence-electron chi connectivity index (χ0n) is 8.14. The van der Waals surface area contributed by atoms with Crippen molar-refractivity contribution >= 4 is 40.7 Å². The highest BCUT2D eigenvalue weighted by atomic mass is 35.6. The lowest BCUT2D eigenvalue weighted by Gasteiger charge is -2.10. The van der Waals surface area contributed by atoms with Crippen LogP contribution in [0.2, 0.25) is 0 Å². The maximum Gasteiger partial charge on any atom is 0.265 e. The molecule has 16 heavy (non-hydrogen) atoms. The number of hydrogen-bond acceptors (Lipinski definition) is 2. The first-order chi connectivity index (χ1) is 7.50. The second-order valence-electron chi connectivity index (χ2n) is 2.78. The Hall–Kier alpha value is -0.880. The summed E-state index contributed by atoms with van der Waals surface area (Å²) in [5.74, 6) is 5.14. The monoisotopic (exact) mass is 275 g/mol. The molecule has 1 aromatic carbocycles. The van der Waals surface area contributed by atoms with Gasteiger partial charge in [-0.3, -0.25) is 5.41 Å². The van der Waals surface area contributed by atoms with Crippen molar-refractivity contribution in [2.24, 2.45) is 0 Å². The highest BCUT2D eigenvalue weighted by Gasteiger charge is 2.28. The molecule has 0 unspecified atom stereocenters. The number of hydrogen-bond donors (Lipinski definition) is 1. The van der Waals surface area contributed by atoms with E-state index in [0.29, 0.717) is 0 Å². The van der Waals surface area contributed by atoms with Crippen molar-refractivity contribution in [1.29, 1.82) is 5.41 Å². The Morgan fingerprint density at radius 2 is 1.88 bits per heavy atom. The van der Waals surface area contributed by atoms with Crippen LogP contribution in [0.15, 0.2) is 30.3 Å². The molecule has 0 aromatic heterocycles. The third-order valence-corrected chi connectivity index (χ3v) is 2.07. The van der Waals surface area contributed by atoms with Gasteiger partial charge in [-0.15, -0.1) is 0 Å². The number of ether oxygens (including phenoxy) is 1. The lowest BCUT2D eigenvalue weighted by molar-refractivity contribution is 0.347. The van der Waals surface area contributed by atoms with Crippen molar-refractivity contribution < 1.29 is 4.74 Å². The summed E-state index contributed by atoms with van der Waals surface area (Å²) >= 11 is 16.2. The number of alkyl halides is 3. The topological polar surface area (TPSA) is 33.1 Å². The molecule has 0 spiro atoms. The van der Waals surface area contributed by atoms with E-state index in [1.54, 1.807) is 0 Å². The minimum atomic E-state index is -1.82. The zero-order chi connectivity index (χ0) is 12.0. The fraction of sp³-hybridized carbons (Fsp3) is 0.182. The minimum Gasteiger partial charge on any atom is -0.465 e. The first-order valence-corrected chi connectivity index (χ1v) is 5.46. The molecule has 0 bridgehead atoms. The minimum absolute atomic E-state index is 0.0155. The van der Waals surface area contributed by atoms with E-state index in [9.17, 15) is 0 Å². The molecule has 0 heterocycles. The Bertz CT molecular complexity index is 414. The van der Waals surface area contributed by atoms with Gasteiger partial charge in [0, 0.05) is 5.56 Å². The van der Waals surface area contributed by atoms with Crippen molar-refractivity contribution in [1.82, 2.24) is 0 Å². The lowest BCUT2D eigenvalue weighted by atomic mass is 10.2. The van der Waals surface area contributed by atoms with Gasteiger partial charge in [0.05, 0.1) is 0 Å². The van der Waals surface area contributed by atoms with E-state index < -0.39 is 9.69 Å². The number of nitrogens with one attached hydrogen (secondary N) is 1. The molecular formula is C11H8Cl3NO. The van der Waals surface area contributed by atoms with Gasteiger partial charge in [0.1, 0.15) is 0 Å². The third-order valence-electron chi connectivity index (χ3n) is 1.55. The van der Waals surface area contributed by atoms with Gasteiger partial charge in [0.15, 0.2) is 6.61 Å². The predicted molar refractivity (Wildman–Crippen MR) is 67.3 cm³/mol. The van der Waals surface area contributed by atoms with Crippen LogP contribution in [0.5, 0.6) is 0 Å². The Labute approximate surface area is 109 Å². The first-order valence-electron chi connectivity index (χ1n) is 4.32. The summed E-state index contributed by atoms with van der Waals surface area (Å²) in [5, 5.41) is 7.24. The molecule has 1 rings (SSSR count). The highest BCUT2D eigenvalue weighted by Crippen LogP contribution is 2.27. The normalized spacial score (nSPS) is 10.2. The molecule has 5 heteroatoms. The summed E-state index contributed by atoms with van der Waals surface area (Å²) in [6.45, 7) is 0.0155. The molecule has 0 amide bonds. The van der Waals surface area contributed by atoms with E-state index >= 15 is 0 Å². The van der Waals surface area contributed by atoms with Gasteiger partial charge in [-0.1, -0.05) is 64.8 Å². The number of rotatable bonds is 1. The van der Waals surface area contributed by atoms with Crippen LogP contribution in [0.1, 0.15) is 5.56 Å². The van der Waals surface area contributed by atoms with Gasteiger partial charge >= 0.3 is 0 Å². The van der Waals surface area contributed by atoms with Crippen LogP contribution in [0, 0.1) is 17.3 Å². The molecule has 1 N–H and O–H groups in total. The Morgan fingerprint density at radius 1 is 1.25 bits per heavy atom. The molecule has 0 fully saturated rings. The second kappa shape index (κ2) is 6.00. The van der Waals surface area contributed by atoms with Crippen molar-refractivity contribution in [3.63, 3.8) is 0 Å². The van der Waals surface area contributed by atoms with Gasteiger partial charge in [0.2, 0.25) is 5.90 Å². The van der Waals surface area contributed by atoms with Crippen LogP contribution in [0.25, 0.3) is 0 Å². The van der Waals surface area contributed by atoms with Gasteiger partial charge in [-0.25, -0.2) is 0 Å². The van der Waals surface area contributed by atoms with Gasteiger partial charge in [0.25, 0.3) is 3.79 Å². The van der Waals surface area contributed by atoms with Crippen LogP contribution in [0.3, 0.4) is 0 Å². The average Bonchev–Trinajstić information content (AvgIpc) is 2.24. The third kappa shape index (κ3) is 4.76. The highest BCUT2D eigenvalue weighted by molar-refractivity contribution is 6.76. The molecule has 0 saturated heterocycles. The second-order valence-corrected chi connectivity index (χ2v) is 5.06. The summed E-state index contributed by atoms with van der Waals surface area (Å²) in [4.78, 5) is 0. The molecule has 84 valence electrons. The molecular weight excluding hydrogens is 268 g/mol. The van der Waals surface area contributed by atoms with E-state index in [0.717, 1.165) is 5.56 Å². The maximum atomic E-state index is 7.24. The van der Waals surface area contributed by atoms with Crippen molar-refractivity contribution in [3.8, 4) is 11.8 Å². The molecule has 2 nitrogen and oxygen atoms in total. The molecule has 0 saturated carbocycles. The molecule has 0 aliphatic rings. The quantitative estimate of drug-likeness (QED) is 0.363. The van der Waals surface area contributed by atoms with Crippen LogP contribution >= 0.6 is 34.8 Å². The van der Waals surface area contributed by atoms with Gasteiger partial charge in [-0.2, -0.15) is 0 Å². The Kier molecular flexibility index (Phi) is 4.95. The molecule has 0 aliphatic heterocycles. The van der Waals surface area contributed by atoms with E-state index in [2.05, 4.69) is 11.8 Å². The smallest absolute Gasteiger partial charge is 0.265 e. The van der Waals surface area contributed by atoms with Crippen LogP contribution in [-0.2, 0) is 4.74 Å². The molecule has 0 radical (unpaired) electrons. The van der Waals surface area contributed by atoms with Gasteiger partial charge in [-0.05, 0) is 12.1 Å². The first kappa shape index (κ1) is 13.2. The van der Waals surface area contributed by atoms with E-state index in [-0.39, 0.29) is 6.61 Å².